The number of ether oxygens (including phenoxy) is 1. The number of benzene rings is 1. The summed E-state index contributed by atoms with van der Waals surface area (Å²) < 4.78 is 46.5. The number of aromatic nitrogens is 4. The summed E-state index contributed by atoms with van der Waals surface area (Å²) in [5.41, 5.74) is 0.883. The van der Waals surface area contributed by atoms with Gasteiger partial charge in [-0.15, -0.1) is 5.10 Å². The fourth-order valence-corrected chi connectivity index (χ4v) is 3.22. The van der Waals surface area contributed by atoms with Crippen LogP contribution >= 0.6 is 15.9 Å². The fourth-order valence-electron chi connectivity index (χ4n) is 2.72. The van der Waals surface area contributed by atoms with Crippen LogP contribution in [-0.4, -0.2) is 31.3 Å². The Labute approximate surface area is 160 Å². The predicted octanol–water partition coefficient (Wildman–Crippen LogP) is 4.39. The van der Waals surface area contributed by atoms with Gasteiger partial charge >= 0.3 is 6.18 Å². The Morgan fingerprint density at radius 2 is 2.07 bits per heavy atom. The van der Waals surface area contributed by atoms with Gasteiger partial charge in [0.2, 0.25) is 5.88 Å². The molecule has 1 unspecified atom stereocenters. The number of hydrogen-bond acceptors (Lipinski definition) is 5. The lowest BCUT2D eigenvalue weighted by Gasteiger charge is -2.17. The first-order chi connectivity index (χ1) is 12.8. The highest BCUT2D eigenvalue weighted by Crippen LogP contribution is 2.40. The summed E-state index contributed by atoms with van der Waals surface area (Å²) in [6.45, 7) is 0.783. The molecular weight excluding hydrogens is 429 g/mol. The number of rotatable bonds is 5. The topological polar surface area (TPSA) is 73.1 Å². The molecule has 2 heterocycles. The van der Waals surface area contributed by atoms with Crippen LogP contribution in [0.15, 0.2) is 34.9 Å². The fraction of sp³-hybridized carbons (Fsp3) is 0.353. The molecule has 1 saturated carbocycles. The number of aliphatic hydroxyl groups excluding tert-OH is 1. The van der Waals surface area contributed by atoms with E-state index in [1.807, 2.05) is 0 Å². The van der Waals surface area contributed by atoms with E-state index in [1.165, 1.54) is 25.1 Å². The van der Waals surface area contributed by atoms with Crippen molar-refractivity contribution in [3.05, 3.63) is 40.5 Å². The number of pyridine rings is 1. The van der Waals surface area contributed by atoms with Crippen molar-refractivity contribution in [2.24, 2.45) is 5.92 Å². The monoisotopic (exact) mass is 442 g/mol. The largest absolute Gasteiger partial charge is 0.437 e. The molecule has 1 atom stereocenters. The maximum absolute atomic E-state index is 12.9. The van der Waals surface area contributed by atoms with E-state index in [0.29, 0.717) is 15.9 Å². The summed E-state index contributed by atoms with van der Waals surface area (Å²) in [4.78, 5) is 3.84. The molecule has 0 amide bonds. The highest BCUT2D eigenvalue weighted by Gasteiger charge is 2.41. The molecule has 142 valence electrons. The van der Waals surface area contributed by atoms with Gasteiger partial charge in [0, 0.05) is 12.7 Å². The number of halogens is 4. The zero-order valence-electron chi connectivity index (χ0n) is 13.8. The first kappa shape index (κ1) is 18.2. The highest BCUT2D eigenvalue weighted by atomic mass is 79.9. The van der Waals surface area contributed by atoms with Crippen molar-refractivity contribution in [1.29, 1.82) is 0 Å². The average molecular weight is 443 g/mol. The summed E-state index contributed by atoms with van der Waals surface area (Å²) in [5, 5.41) is 17.8. The lowest BCUT2D eigenvalue weighted by atomic mass is 10.1. The van der Waals surface area contributed by atoms with Crippen LogP contribution in [0.2, 0.25) is 0 Å². The van der Waals surface area contributed by atoms with E-state index in [2.05, 4.69) is 31.2 Å². The van der Waals surface area contributed by atoms with Gasteiger partial charge in [0.25, 0.3) is 0 Å². The Hall–Kier alpha value is -2.20. The van der Waals surface area contributed by atoms with Crippen molar-refractivity contribution in [2.45, 2.75) is 31.7 Å². The minimum absolute atomic E-state index is 0.232. The molecule has 1 N–H and O–H groups in total. The van der Waals surface area contributed by atoms with E-state index in [0.717, 1.165) is 18.1 Å². The molecule has 1 aliphatic carbocycles. The lowest BCUT2D eigenvalue weighted by Crippen LogP contribution is -2.21. The van der Waals surface area contributed by atoms with Gasteiger partial charge in [-0.1, -0.05) is 5.21 Å². The van der Waals surface area contributed by atoms with Gasteiger partial charge in [0.15, 0.2) is 6.10 Å². The minimum atomic E-state index is -4.83. The molecule has 10 heteroatoms. The Morgan fingerprint density at radius 3 is 2.78 bits per heavy atom. The normalized spacial score (nSPS) is 15.9. The maximum Gasteiger partial charge on any atom is 0.418 e. The van der Waals surface area contributed by atoms with Crippen molar-refractivity contribution in [2.75, 3.05) is 0 Å². The van der Waals surface area contributed by atoms with Crippen LogP contribution in [0.4, 0.5) is 13.2 Å². The number of aliphatic hydroxyl groups is 1. The van der Waals surface area contributed by atoms with Crippen LogP contribution in [0, 0.1) is 5.92 Å². The van der Waals surface area contributed by atoms with Crippen molar-refractivity contribution in [3.8, 4) is 11.6 Å². The Morgan fingerprint density at radius 1 is 1.30 bits per heavy atom. The summed E-state index contributed by atoms with van der Waals surface area (Å²) in [7, 11) is 0. The van der Waals surface area contributed by atoms with Crippen molar-refractivity contribution >= 4 is 27.0 Å². The molecule has 1 fully saturated rings. The van der Waals surface area contributed by atoms with Gasteiger partial charge in [-0.05, 0) is 59.0 Å². The molecule has 0 radical (unpaired) electrons. The molecular formula is C17H14BrF3N4O2. The molecule has 1 aromatic carbocycles. The Balaban J connectivity index is 1.67. The first-order valence-electron chi connectivity index (χ1n) is 8.24. The molecule has 27 heavy (non-hydrogen) atoms. The van der Waals surface area contributed by atoms with E-state index in [-0.39, 0.29) is 11.6 Å². The number of nitrogens with zero attached hydrogens (tertiary/aromatic N) is 4. The third-order valence-electron chi connectivity index (χ3n) is 4.33. The molecule has 0 saturated heterocycles. The summed E-state index contributed by atoms with van der Waals surface area (Å²) in [5.74, 6) is 0.521. The smallest absolute Gasteiger partial charge is 0.418 e. The molecule has 6 nitrogen and oxygen atoms in total. The number of alkyl halides is 3. The van der Waals surface area contributed by atoms with E-state index >= 15 is 0 Å². The predicted molar refractivity (Wildman–Crippen MR) is 93.3 cm³/mol. The third-order valence-corrected chi connectivity index (χ3v) is 5.10. The first-order valence-corrected chi connectivity index (χ1v) is 9.03. The summed E-state index contributed by atoms with van der Waals surface area (Å²) >= 11 is 3.38. The SMILES string of the molecule is OC(c1cccnc1Oc1ccc2c(nnn2CC2CC2)c1Br)C(F)(F)F. The van der Waals surface area contributed by atoms with E-state index in [9.17, 15) is 18.3 Å². The lowest BCUT2D eigenvalue weighted by molar-refractivity contribution is -0.207. The van der Waals surface area contributed by atoms with Crippen LogP contribution in [0.25, 0.3) is 11.0 Å². The quantitative estimate of drug-likeness (QED) is 0.634. The molecule has 0 aliphatic heterocycles. The van der Waals surface area contributed by atoms with E-state index < -0.39 is 17.8 Å². The number of hydrogen-bond donors (Lipinski definition) is 1. The van der Waals surface area contributed by atoms with Crippen LogP contribution in [0.1, 0.15) is 24.5 Å². The van der Waals surface area contributed by atoms with Gasteiger partial charge in [-0.2, -0.15) is 13.2 Å². The summed E-state index contributed by atoms with van der Waals surface area (Å²) in [6, 6.07) is 5.79. The van der Waals surface area contributed by atoms with Crippen molar-refractivity contribution in [1.82, 2.24) is 20.0 Å². The average Bonchev–Trinajstić information content (AvgIpc) is 3.35. The minimum Gasteiger partial charge on any atom is -0.437 e. The zero-order chi connectivity index (χ0) is 19.2. The van der Waals surface area contributed by atoms with E-state index in [1.54, 1.807) is 16.8 Å². The Kier molecular flexibility index (Phi) is 4.55. The second-order valence-corrected chi connectivity index (χ2v) is 7.20. The molecule has 4 rings (SSSR count). The molecule has 1 aliphatic rings. The van der Waals surface area contributed by atoms with Gasteiger partial charge in [-0.25, -0.2) is 9.67 Å². The van der Waals surface area contributed by atoms with Crippen molar-refractivity contribution < 1.29 is 23.0 Å². The second kappa shape index (κ2) is 6.75. The van der Waals surface area contributed by atoms with Gasteiger partial charge in [0.05, 0.1) is 15.6 Å². The molecule has 0 spiro atoms. The summed E-state index contributed by atoms with van der Waals surface area (Å²) in [6.07, 6.45) is -3.88. The molecule has 2 aromatic heterocycles. The van der Waals surface area contributed by atoms with Crippen LogP contribution in [0.3, 0.4) is 0 Å². The van der Waals surface area contributed by atoms with Gasteiger partial charge < -0.3 is 9.84 Å². The van der Waals surface area contributed by atoms with Crippen LogP contribution in [-0.2, 0) is 6.54 Å². The van der Waals surface area contributed by atoms with Gasteiger partial charge in [0.1, 0.15) is 11.3 Å². The highest BCUT2D eigenvalue weighted by molar-refractivity contribution is 9.10. The zero-order valence-corrected chi connectivity index (χ0v) is 15.4. The molecule has 3 aromatic rings. The third kappa shape index (κ3) is 3.63. The Bertz CT molecular complexity index is 988. The maximum atomic E-state index is 12.9. The standard InChI is InChI=1S/C17H14BrF3N4O2/c18-13-12(6-5-11-14(13)23-24-25(11)8-9-3-4-9)27-16-10(2-1-7-22-16)15(26)17(19,20)21/h1-2,5-7,9,15,26H,3-4,8H2. The second-order valence-electron chi connectivity index (χ2n) is 6.40. The van der Waals surface area contributed by atoms with Crippen LogP contribution in [0.5, 0.6) is 11.6 Å². The number of fused-ring (bicyclic) bond motifs is 1. The van der Waals surface area contributed by atoms with E-state index in [4.69, 9.17) is 4.74 Å². The molecule has 0 bridgehead atoms. The van der Waals surface area contributed by atoms with Crippen molar-refractivity contribution in [3.63, 3.8) is 0 Å². The van der Waals surface area contributed by atoms with Crippen LogP contribution < -0.4 is 4.74 Å². The van der Waals surface area contributed by atoms with Gasteiger partial charge in [-0.3, -0.25) is 0 Å².